The normalized spacial score (nSPS) is 16.3. The van der Waals surface area contributed by atoms with Crippen LogP contribution in [-0.2, 0) is 28.8 Å². The summed E-state index contributed by atoms with van der Waals surface area (Å²) in [5, 5.41) is 43.4. The highest BCUT2D eigenvalue weighted by molar-refractivity contribution is 5.96. The number of carbonyl (C=O) groups excluding carboxylic acids is 3. The van der Waals surface area contributed by atoms with Crippen molar-refractivity contribution in [3.63, 3.8) is 0 Å². The Labute approximate surface area is 189 Å². The fraction of sp³-hybridized carbons (Fsp3) is 0.684. The summed E-state index contributed by atoms with van der Waals surface area (Å²) in [6, 6.07) is -6.00. The Bertz CT molecular complexity index is 742. The van der Waals surface area contributed by atoms with Gasteiger partial charge in [-0.05, 0) is 19.3 Å². The van der Waals surface area contributed by atoms with E-state index in [9.17, 15) is 39.0 Å². The van der Waals surface area contributed by atoms with Gasteiger partial charge in [0, 0.05) is 6.42 Å². The van der Waals surface area contributed by atoms with E-state index in [-0.39, 0.29) is 6.42 Å². The number of carboxylic acids is 3. The van der Waals surface area contributed by atoms with Gasteiger partial charge in [0.2, 0.25) is 17.7 Å². The number of nitrogens with one attached hydrogen (secondary N) is 3. The third kappa shape index (κ3) is 10.7. The second-order valence-electron chi connectivity index (χ2n) is 7.63. The van der Waals surface area contributed by atoms with E-state index in [4.69, 9.17) is 15.9 Å². The van der Waals surface area contributed by atoms with Crippen LogP contribution in [-0.4, -0.2) is 86.3 Å². The summed E-state index contributed by atoms with van der Waals surface area (Å²) < 4.78 is 0. The van der Waals surface area contributed by atoms with Crippen molar-refractivity contribution in [2.45, 2.75) is 76.7 Å². The molecule has 0 aliphatic carbocycles. The molecule has 9 N–H and O–H groups in total. The Morgan fingerprint density at radius 1 is 0.818 bits per heavy atom. The largest absolute Gasteiger partial charge is 0.481 e. The van der Waals surface area contributed by atoms with Crippen LogP contribution in [0.1, 0.15) is 46.5 Å². The van der Waals surface area contributed by atoms with Crippen LogP contribution in [0.2, 0.25) is 0 Å². The van der Waals surface area contributed by atoms with Gasteiger partial charge < -0.3 is 42.1 Å². The maximum absolute atomic E-state index is 12.6. The van der Waals surface area contributed by atoms with E-state index in [2.05, 4.69) is 16.0 Å². The van der Waals surface area contributed by atoms with Crippen LogP contribution >= 0.6 is 0 Å². The molecule has 0 heterocycles. The number of hydrogen-bond acceptors (Lipinski definition) is 8. The quantitative estimate of drug-likeness (QED) is 0.124. The smallest absolute Gasteiger partial charge is 0.326 e. The number of aliphatic hydroxyl groups excluding tert-OH is 1. The number of rotatable bonds is 15. The third-order valence-corrected chi connectivity index (χ3v) is 4.86. The lowest BCUT2D eigenvalue weighted by molar-refractivity contribution is -0.145. The van der Waals surface area contributed by atoms with E-state index in [0.29, 0.717) is 6.42 Å². The molecule has 0 spiro atoms. The molecule has 14 heteroatoms. The first-order valence-corrected chi connectivity index (χ1v) is 10.2. The molecule has 3 amide bonds. The van der Waals surface area contributed by atoms with Crippen LogP contribution in [0.4, 0.5) is 0 Å². The van der Waals surface area contributed by atoms with E-state index in [1.165, 1.54) is 0 Å². The van der Waals surface area contributed by atoms with Gasteiger partial charge in [-0.3, -0.25) is 24.0 Å². The van der Waals surface area contributed by atoms with Crippen molar-refractivity contribution < 1.29 is 49.2 Å². The first-order chi connectivity index (χ1) is 15.2. The van der Waals surface area contributed by atoms with E-state index in [0.717, 1.165) is 6.92 Å². The zero-order valence-corrected chi connectivity index (χ0v) is 18.6. The Morgan fingerprint density at radius 2 is 1.36 bits per heavy atom. The molecule has 0 fully saturated rings. The number of carbonyl (C=O) groups is 6. The second-order valence-corrected chi connectivity index (χ2v) is 7.63. The third-order valence-electron chi connectivity index (χ3n) is 4.86. The predicted octanol–water partition coefficient (Wildman–Crippen LogP) is -2.38. The Kier molecular flexibility index (Phi) is 12.6. The monoisotopic (exact) mass is 476 g/mol. The number of aliphatic hydroxyl groups is 1. The minimum absolute atomic E-state index is 0.270. The predicted molar refractivity (Wildman–Crippen MR) is 112 cm³/mol. The van der Waals surface area contributed by atoms with Gasteiger partial charge in [-0.25, -0.2) is 4.79 Å². The summed E-state index contributed by atoms with van der Waals surface area (Å²) in [4.78, 5) is 70.5. The summed E-state index contributed by atoms with van der Waals surface area (Å²) >= 11 is 0. The van der Waals surface area contributed by atoms with Crippen molar-refractivity contribution in [1.82, 2.24) is 16.0 Å². The van der Waals surface area contributed by atoms with Crippen LogP contribution < -0.4 is 21.7 Å². The number of nitrogens with two attached hydrogens (primary N) is 1. The lowest BCUT2D eigenvalue weighted by Gasteiger charge is -2.27. The average Bonchev–Trinajstić information content (AvgIpc) is 2.71. The van der Waals surface area contributed by atoms with E-state index >= 15 is 0 Å². The fourth-order valence-electron chi connectivity index (χ4n) is 2.66. The summed E-state index contributed by atoms with van der Waals surface area (Å²) in [5.74, 6) is -7.63. The molecule has 0 bridgehead atoms. The van der Waals surface area contributed by atoms with Gasteiger partial charge in [-0.1, -0.05) is 20.3 Å². The molecule has 6 unspecified atom stereocenters. The van der Waals surface area contributed by atoms with Gasteiger partial charge in [0.1, 0.15) is 18.1 Å². The van der Waals surface area contributed by atoms with E-state index in [1.54, 1.807) is 13.8 Å². The minimum Gasteiger partial charge on any atom is -0.481 e. The topological polar surface area (TPSA) is 245 Å². The lowest BCUT2D eigenvalue weighted by Crippen LogP contribution is -2.60. The lowest BCUT2D eigenvalue weighted by atomic mass is 9.98. The summed E-state index contributed by atoms with van der Waals surface area (Å²) in [5.41, 5.74) is 5.55. The molecule has 0 radical (unpaired) electrons. The SMILES string of the molecule is CCC(C)C(NC(=O)C(NC(=O)C(CC(=O)O)NC(=O)C(N)CCC(=O)O)C(C)O)C(=O)O. The fourth-order valence-corrected chi connectivity index (χ4v) is 2.66. The molecule has 14 nitrogen and oxygen atoms in total. The second kappa shape index (κ2) is 14.0. The zero-order chi connectivity index (χ0) is 25.9. The summed E-state index contributed by atoms with van der Waals surface area (Å²) in [6.45, 7) is 4.44. The van der Waals surface area contributed by atoms with Gasteiger partial charge in [0.05, 0.1) is 18.6 Å². The number of amides is 3. The molecule has 0 saturated heterocycles. The van der Waals surface area contributed by atoms with Crippen molar-refractivity contribution in [1.29, 1.82) is 0 Å². The average molecular weight is 476 g/mol. The number of hydrogen-bond donors (Lipinski definition) is 8. The van der Waals surface area contributed by atoms with Crippen molar-refractivity contribution in [2.75, 3.05) is 0 Å². The van der Waals surface area contributed by atoms with Crippen LogP contribution in [0.5, 0.6) is 0 Å². The molecule has 0 saturated carbocycles. The molecule has 0 rings (SSSR count). The van der Waals surface area contributed by atoms with Crippen LogP contribution in [0.25, 0.3) is 0 Å². The van der Waals surface area contributed by atoms with Gasteiger partial charge in [-0.15, -0.1) is 0 Å². The van der Waals surface area contributed by atoms with Crippen LogP contribution in [0.15, 0.2) is 0 Å². The molecule has 33 heavy (non-hydrogen) atoms. The van der Waals surface area contributed by atoms with E-state index < -0.39 is 84.7 Å². The summed E-state index contributed by atoms with van der Waals surface area (Å²) in [7, 11) is 0. The Morgan fingerprint density at radius 3 is 1.79 bits per heavy atom. The van der Waals surface area contributed by atoms with Crippen molar-refractivity contribution in [3.05, 3.63) is 0 Å². The van der Waals surface area contributed by atoms with Crippen molar-refractivity contribution in [2.24, 2.45) is 11.7 Å². The highest BCUT2D eigenvalue weighted by Crippen LogP contribution is 2.09. The highest BCUT2D eigenvalue weighted by atomic mass is 16.4. The van der Waals surface area contributed by atoms with Gasteiger partial charge >= 0.3 is 17.9 Å². The first-order valence-electron chi connectivity index (χ1n) is 10.2. The van der Waals surface area contributed by atoms with Crippen LogP contribution in [0.3, 0.4) is 0 Å². The van der Waals surface area contributed by atoms with Gasteiger partial charge in [-0.2, -0.15) is 0 Å². The van der Waals surface area contributed by atoms with Crippen molar-refractivity contribution in [3.8, 4) is 0 Å². The Balaban J connectivity index is 5.46. The molecule has 0 aliphatic heterocycles. The molecule has 0 aliphatic rings. The number of carboxylic acid groups (broad SMARTS) is 3. The van der Waals surface area contributed by atoms with Crippen LogP contribution in [0, 0.1) is 5.92 Å². The molecule has 0 aromatic heterocycles. The maximum atomic E-state index is 12.6. The molecule has 188 valence electrons. The zero-order valence-electron chi connectivity index (χ0n) is 18.6. The molecule has 0 aromatic carbocycles. The molecular weight excluding hydrogens is 444 g/mol. The minimum atomic E-state index is -1.70. The van der Waals surface area contributed by atoms with E-state index in [1.807, 2.05) is 0 Å². The molecular formula is C19H32N4O10. The maximum Gasteiger partial charge on any atom is 0.326 e. The highest BCUT2D eigenvalue weighted by Gasteiger charge is 2.34. The number of aliphatic carboxylic acids is 3. The van der Waals surface area contributed by atoms with Crippen molar-refractivity contribution >= 4 is 35.6 Å². The Hall–Kier alpha value is -3.26. The standard InChI is InChI=1S/C19H32N4O10/c1-4-8(2)14(19(32)33)22-18(31)15(9(3)24)23-17(30)11(7-13(27)28)21-16(29)10(20)5-6-12(25)26/h8-11,14-15,24H,4-7,20H2,1-3H3,(H,21,29)(H,22,31)(H,23,30)(H,25,26)(H,27,28)(H,32,33). The van der Waals surface area contributed by atoms with Gasteiger partial charge in [0.15, 0.2) is 0 Å². The molecule has 6 atom stereocenters. The first kappa shape index (κ1) is 29.7. The van der Waals surface area contributed by atoms with Gasteiger partial charge in [0.25, 0.3) is 0 Å². The summed E-state index contributed by atoms with van der Waals surface area (Å²) in [6.07, 6.45) is -2.69. The molecule has 0 aromatic rings.